The number of carbonyl (C=O) groups excluding carboxylic acids is 1. The summed E-state index contributed by atoms with van der Waals surface area (Å²) in [5.74, 6) is -0.0210. The van der Waals surface area contributed by atoms with E-state index >= 15 is 0 Å². The molecule has 1 aromatic heterocycles. The molecule has 7 heteroatoms. The molecule has 5 nitrogen and oxygen atoms in total. The highest BCUT2D eigenvalue weighted by Gasteiger charge is 2.39. The largest absolute Gasteiger partial charge is 0.394 e. The fourth-order valence-electron chi connectivity index (χ4n) is 3.82. The molecule has 1 N–H and O–H groups in total. The van der Waals surface area contributed by atoms with Gasteiger partial charge in [-0.2, -0.15) is 0 Å². The fraction of sp³-hybridized carbons (Fsp3) is 0.579. The number of hydrogen-bond donors (Lipinski definition) is 1. The third-order valence-corrected chi connectivity index (χ3v) is 6.24. The molecule has 144 valence electrons. The quantitative estimate of drug-likeness (QED) is 0.436. The van der Waals surface area contributed by atoms with Crippen molar-refractivity contribution in [3.63, 3.8) is 0 Å². The van der Waals surface area contributed by atoms with Crippen molar-refractivity contribution in [2.75, 3.05) is 26.2 Å². The van der Waals surface area contributed by atoms with Crippen molar-refractivity contribution < 1.29 is 9.63 Å². The highest BCUT2D eigenvalue weighted by Crippen LogP contribution is 2.38. The van der Waals surface area contributed by atoms with Crippen LogP contribution in [0.3, 0.4) is 0 Å². The Kier molecular flexibility index (Phi) is 7.68. The number of thiophene rings is 1. The summed E-state index contributed by atoms with van der Waals surface area (Å²) in [7, 11) is 0. The lowest BCUT2D eigenvalue weighted by Gasteiger charge is -2.39. The van der Waals surface area contributed by atoms with E-state index < -0.39 is 0 Å². The molecule has 2 atom stereocenters. The maximum atomic E-state index is 11.6. The summed E-state index contributed by atoms with van der Waals surface area (Å²) >= 11 is 1.66. The van der Waals surface area contributed by atoms with Crippen LogP contribution < -0.4 is 5.32 Å². The normalized spacial score (nSPS) is 26.1. The zero-order chi connectivity index (χ0) is 17.7. The van der Waals surface area contributed by atoms with Crippen LogP contribution in [0, 0.1) is 0 Å². The molecule has 0 aliphatic carbocycles. The highest BCUT2D eigenvalue weighted by molar-refractivity contribution is 7.11. The average molecular weight is 398 g/mol. The van der Waals surface area contributed by atoms with Gasteiger partial charge in [0.05, 0.1) is 11.1 Å². The molecule has 0 saturated carbocycles. The van der Waals surface area contributed by atoms with E-state index in [0.717, 1.165) is 17.8 Å². The zero-order valence-electron chi connectivity index (χ0n) is 15.4. The van der Waals surface area contributed by atoms with Crippen LogP contribution in [0.1, 0.15) is 43.6 Å². The Hall–Kier alpha value is -1.37. The van der Waals surface area contributed by atoms with Gasteiger partial charge in [-0.15, -0.1) is 23.7 Å². The molecule has 2 aliphatic rings. The molecular formula is C19H28ClN3O2S. The summed E-state index contributed by atoms with van der Waals surface area (Å²) in [6.45, 7) is 8.15. The van der Waals surface area contributed by atoms with Crippen molar-refractivity contribution >= 4 is 35.9 Å². The van der Waals surface area contributed by atoms with Crippen LogP contribution in [-0.4, -0.2) is 49.3 Å². The van der Waals surface area contributed by atoms with Gasteiger partial charge in [0, 0.05) is 18.0 Å². The predicted molar refractivity (Wildman–Crippen MR) is 110 cm³/mol. The molecule has 0 radical (unpaired) electrons. The number of rotatable bonds is 7. The Bertz CT molecular complexity index is 655. The number of carbonyl (C=O) groups is 1. The summed E-state index contributed by atoms with van der Waals surface area (Å²) in [6, 6.07) is 2.19. The van der Waals surface area contributed by atoms with Gasteiger partial charge in [0.2, 0.25) is 5.91 Å². The molecule has 2 aliphatic heterocycles. The van der Waals surface area contributed by atoms with Crippen LogP contribution in [0.5, 0.6) is 0 Å². The van der Waals surface area contributed by atoms with Crippen molar-refractivity contribution in [3.05, 3.63) is 34.0 Å². The first-order chi connectivity index (χ1) is 12.2. The van der Waals surface area contributed by atoms with Gasteiger partial charge in [-0.3, -0.25) is 9.69 Å². The number of halogens is 1. The van der Waals surface area contributed by atoms with E-state index in [1.807, 2.05) is 12.3 Å². The van der Waals surface area contributed by atoms with E-state index in [2.05, 4.69) is 40.7 Å². The minimum Gasteiger partial charge on any atom is -0.394 e. The average Bonchev–Trinajstić information content (AvgIpc) is 3.27. The summed E-state index contributed by atoms with van der Waals surface area (Å²) in [5, 5.41) is 9.30. The van der Waals surface area contributed by atoms with Crippen molar-refractivity contribution in [1.82, 2.24) is 10.2 Å². The van der Waals surface area contributed by atoms with E-state index in [0.29, 0.717) is 6.61 Å². The Morgan fingerprint density at radius 2 is 2.23 bits per heavy atom. The van der Waals surface area contributed by atoms with Crippen molar-refractivity contribution in [2.45, 2.75) is 44.6 Å². The molecule has 0 spiro atoms. The second-order valence-corrected chi connectivity index (χ2v) is 7.72. The summed E-state index contributed by atoms with van der Waals surface area (Å²) < 4.78 is 0. The Balaban J connectivity index is 0.00000243. The summed E-state index contributed by atoms with van der Waals surface area (Å²) in [6.07, 6.45) is 9.02. The SMILES string of the molecule is CCC1(c2ccsc2C=NOCCN2CCCC2)C=CC(=O)NC1C.Cl. The number of amides is 1. The zero-order valence-corrected chi connectivity index (χ0v) is 17.1. The minimum absolute atomic E-state index is 0. The lowest BCUT2D eigenvalue weighted by Crippen LogP contribution is -2.50. The molecule has 0 bridgehead atoms. The van der Waals surface area contributed by atoms with Gasteiger partial charge in [0.15, 0.2) is 0 Å². The second-order valence-electron chi connectivity index (χ2n) is 6.77. The van der Waals surface area contributed by atoms with E-state index in [1.54, 1.807) is 17.4 Å². The lowest BCUT2D eigenvalue weighted by atomic mass is 9.71. The Labute approximate surface area is 165 Å². The van der Waals surface area contributed by atoms with Gasteiger partial charge < -0.3 is 10.2 Å². The number of nitrogens with one attached hydrogen (secondary N) is 1. The van der Waals surface area contributed by atoms with E-state index in [9.17, 15) is 4.79 Å². The Morgan fingerprint density at radius 3 is 2.92 bits per heavy atom. The van der Waals surface area contributed by atoms with E-state index in [-0.39, 0.29) is 29.8 Å². The third kappa shape index (κ3) is 4.48. The van der Waals surface area contributed by atoms with Gasteiger partial charge in [0.1, 0.15) is 6.61 Å². The number of nitrogens with zero attached hydrogens (tertiary/aromatic N) is 2. The number of likely N-dealkylation sites (tertiary alicyclic amines) is 1. The molecule has 1 aromatic rings. The second kappa shape index (κ2) is 9.53. The van der Waals surface area contributed by atoms with E-state index in [1.165, 1.54) is 31.5 Å². The third-order valence-electron chi connectivity index (χ3n) is 5.39. The van der Waals surface area contributed by atoms with Crippen LogP contribution in [0.4, 0.5) is 0 Å². The van der Waals surface area contributed by atoms with Gasteiger partial charge >= 0.3 is 0 Å². The topological polar surface area (TPSA) is 53.9 Å². The monoisotopic (exact) mass is 397 g/mol. The number of hydrogen-bond acceptors (Lipinski definition) is 5. The van der Waals surface area contributed by atoms with Crippen LogP contribution in [0.2, 0.25) is 0 Å². The first-order valence-electron chi connectivity index (χ1n) is 9.11. The van der Waals surface area contributed by atoms with Crippen LogP contribution in [-0.2, 0) is 15.0 Å². The first kappa shape index (κ1) is 20.9. The maximum Gasteiger partial charge on any atom is 0.243 e. The van der Waals surface area contributed by atoms with Gasteiger partial charge in [0.25, 0.3) is 0 Å². The van der Waals surface area contributed by atoms with Crippen molar-refractivity contribution in [2.24, 2.45) is 5.16 Å². The molecule has 0 aromatic carbocycles. The standard InChI is InChI=1S/C19H27N3O2S.ClH/c1-3-19(8-6-18(23)21-15(19)2)16-7-13-25-17(16)14-20-24-12-11-22-9-4-5-10-22;/h6-8,13-15H,3-5,9-12H2,1-2H3,(H,21,23);1H. The molecule has 2 unspecified atom stereocenters. The fourth-order valence-corrected chi connectivity index (χ4v) is 4.66. The van der Waals surface area contributed by atoms with Gasteiger partial charge in [-0.25, -0.2) is 0 Å². The van der Waals surface area contributed by atoms with Crippen molar-refractivity contribution in [3.8, 4) is 0 Å². The molecule has 3 rings (SSSR count). The minimum atomic E-state index is -0.190. The first-order valence-corrected chi connectivity index (χ1v) is 9.99. The smallest absolute Gasteiger partial charge is 0.243 e. The van der Waals surface area contributed by atoms with Crippen LogP contribution in [0.15, 0.2) is 28.8 Å². The number of oxime groups is 1. The molecular weight excluding hydrogens is 370 g/mol. The van der Waals surface area contributed by atoms with Crippen LogP contribution >= 0.6 is 23.7 Å². The molecule has 1 fully saturated rings. The van der Waals surface area contributed by atoms with Gasteiger partial charge in [-0.05, 0) is 62.4 Å². The predicted octanol–water partition coefficient (Wildman–Crippen LogP) is 3.34. The molecule has 26 heavy (non-hydrogen) atoms. The lowest BCUT2D eigenvalue weighted by molar-refractivity contribution is -0.118. The van der Waals surface area contributed by atoms with E-state index in [4.69, 9.17) is 4.84 Å². The van der Waals surface area contributed by atoms with Crippen molar-refractivity contribution in [1.29, 1.82) is 0 Å². The molecule has 1 saturated heterocycles. The summed E-state index contributed by atoms with van der Waals surface area (Å²) in [4.78, 5) is 20.6. The highest BCUT2D eigenvalue weighted by atomic mass is 35.5. The molecule has 1 amide bonds. The molecule has 3 heterocycles. The summed E-state index contributed by atoms with van der Waals surface area (Å²) in [5.41, 5.74) is 1.01. The van der Waals surface area contributed by atoms with Crippen LogP contribution in [0.25, 0.3) is 0 Å². The van der Waals surface area contributed by atoms with Gasteiger partial charge in [-0.1, -0.05) is 18.2 Å². The Morgan fingerprint density at radius 1 is 1.46 bits per heavy atom. The maximum absolute atomic E-state index is 11.6.